The molecule has 0 amide bonds. The molecule has 0 radical (unpaired) electrons. The zero-order valence-corrected chi connectivity index (χ0v) is 10.5. The SMILES string of the molecule is Cc1cc(SC2CN(C)CCN2)ccc1F. The third-order valence-corrected chi connectivity index (χ3v) is 3.88. The summed E-state index contributed by atoms with van der Waals surface area (Å²) >= 11 is 1.77. The standard InChI is InChI=1S/C12H17FN2S/c1-9-7-10(3-4-11(9)13)16-12-8-15(2)6-5-14-12/h3-4,7,12,14H,5-6,8H2,1-2H3. The number of halogens is 1. The average molecular weight is 240 g/mol. The van der Waals surface area contributed by atoms with Crippen LogP contribution in [0.1, 0.15) is 5.56 Å². The summed E-state index contributed by atoms with van der Waals surface area (Å²) in [5.74, 6) is -0.127. The number of thioether (sulfide) groups is 1. The molecular formula is C12H17FN2S. The number of aryl methyl sites for hydroxylation is 1. The van der Waals surface area contributed by atoms with Crippen LogP contribution in [0.15, 0.2) is 23.1 Å². The molecule has 1 unspecified atom stereocenters. The van der Waals surface area contributed by atoms with Crippen LogP contribution < -0.4 is 5.32 Å². The first-order valence-corrected chi connectivity index (χ1v) is 6.38. The number of hydrogen-bond acceptors (Lipinski definition) is 3. The third-order valence-electron chi connectivity index (χ3n) is 2.75. The Morgan fingerprint density at radius 1 is 1.50 bits per heavy atom. The lowest BCUT2D eigenvalue weighted by atomic mass is 10.2. The number of hydrogen-bond donors (Lipinski definition) is 1. The highest BCUT2D eigenvalue weighted by molar-refractivity contribution is 8.00. The van der Waals surface area contributed by atoms with Gasteiger partial charge in [0.05, 0.1) is 5.37 Å². The van der Waals surface area contributed by atoms with Crippen molar-refractivity contribution in [3.8, 4) is 0 Å². The van der Waals surface area contributed by atoms with Gasteiger partial charge in [-0.1, -0.05) is 0 Å². The highest BCUT2D eigenvalue weighted by Gasteiger charge is 2.17. The molecule has 0 spiro atoms. The molecule has 4 heteroatoms. The molecule has 0 bridgehead atoms. The Hall–Kier alpha value is -0.580. The van der Waals surface area contributed by atoms with Crippen LogP contribution in [0, 0.1) is 12.7 Å². The minimum Gasteiger partial charge on any atom is -0.303 e. The molecule has 2 rings (SSSR count). The molecular weight excluding hydrogens is 223 g/mol. The minimum atomic E-state index is -0.127. The van der Waals surface area contributed by atoms with Gasteiger partial charge in [-0.25, -0.2) is 4.39 Å². The van der Waals surface area contributed by atoms with Crippen molar-refractivity contribution in [2.75, 3.05) is 26.7 Å². The molecule has 1 aliphatic rings. The van der Waals surface area contributed by atoms with E-state index in [4.69, 9.17) is 0 Å². The van der Waals surface area contributed by atoms with Crippen LogP contribution in [-0.4, -0.2) is 37.0 Å². The van der Waals surface area contributed by atoms with Gasteiger partial charge in [0.25, 0.3) is 0 Å². The van der Waals surface area contributed by atoms with Crippen molar-refractivity contribution in [1.29, 1.82) is 0 Å². The summed E-state index contributed by atoms with van der Waals surface area (Å²) in [7, 11) is 2.13. The van der Waals surface area contributed by atoms with Gasteiger partial charge in [0.2, 0.25) is 0 Å². The number of nitrogens with one attached hydrogen (secondary N) is 1. The monoisotopic (exact) mass is 240 g/mol. The largest absolute Gasteiger partial charge is 0.303 e. The minimum absolute atomic E-state index is 0.127. The van der Waals surface area contributed by atoms with Gasteiger partial charge in [-0.2, -0.15) is 0 Å². The summed E-state index contributed by atoms with van der Waals surface area (Å²) in [5.41, 5.74) is 0.717. The molecule has 1 aromatic rings. The molecule has 1 saturated heterocycles. The van der Waals surface area contributed by atoms with Gasteiger partial charge in [0.1, 0.15) is 5.82 Å². The van der Waals surface area contributed by atoms with Gasteiger partial charge in [0, 0.05) is 24.5 Å². The highest BCUT2D eigenvalue weighted by atomic mass is 32.2. The van der Waals surface area contributed by atoms with E-state index in [1.165, 1.54) is 0 Å². The molecule has 1 heterocycles. The predicted molar refractivity (Wildman–Crippen MR) is 66.3 cm³/mol. The van der Waals surface area contributed by atoms with Crippen LogP contribution in [-0.2, 0) is 0 Å². The van der Waals surface area contributed by atoms with Gasteiger partial charge in [-0.05, 0) is 37.7 Å². The van der Waals surface area contributed by atoms with E-state index in [1.807, 2.05) is 12.1 Å². The normalized spacial score (nSPS) is 22.3. The zero-order chi connectivity index (χ0) is 11.5. The van der Waals surface area contributed by atoms with Gasteiger partial charge in [0.15, 0.2) is 0 Å². The Labute approximate surface area is 100 Å². The summed E-state index contributed by atoms with van der Waals surface area (Å²) in [6, 6.07) is 5.31. The van der Waals surface area contributed by atoms with E-state index >= 15 is 0 Å². The Bertz CT molecular complexity index is 370. The summed E-state index contributed by atoms with van der Waals surface area (Å²) in [4.78, 5) is 3.44. The number of nitrogens with zero attached hydrogens (tertiary/aromatic N) is 1. The fourth-order valence-electron chi connectivity index (χ4n) is 1.79. The lowest BCUT2D eigenvalue weighted by Crippen LogP contribution is -2.47. The second-order valence-corrected chi connectivity index (χ2v) is 5.51. The second-order valence-electron chi connectivity index (χ2n) is 4.23. The number of benzene rings is 1. The van der Waals surface area contributed by atoms with Gasteiger partial charge in [-0.3, -0.25) is 0 Å². The summed E-state index contributed by atoms with van der Waals surface area (Å²) < 4.78 is 13.1. The molecule has 16 heavy (non-hydrogen) atoms. The zero-order valence-electron chi connectivity index (χ0n) is 9.66. The quantitative estimate of drug-likeness (QED) is 0.852. The van der Waals surface area contributed by atoms with E-state index in [-0.39, 0.29) is 5.82 Å². The Balaban J connectivity index is 2.00. The van der Waals surface area contributed by atoms with E-state index < -0.39 is 0 Å². The fourth-order valence-corrected chi connectivity index (χ4v) is 3.04. The van der Waals surface area contributed by atoms with Crippen molar-refractivity contribution in [3.05, 3.63) is 29.6 Å². The van der Waals surface area contributed by atoms with Gasteiger partial charge >= 0.3 is 0 Å². The number of piperazine rings is 1. The number of likely N-dealkylation sites (N-methyl/N-ethyl adjacent to an activating group) is 1. The van der Waals surface area contributed by atoms with E-state index in [2.05, 4.69) is 17.3 Å². The first-order chi connectivity index (χ1) is 7.65. The van der Waals surface area contributed by atoms with E-state index in [0.717, 1.165) is 24.5 Å². The maximum absolute atomic E-state index is 13.1. The first kappa shape index (κ1) is 11.9. The Kier molecular flexibility index (Phi) is 3.84. The van der Waals surface area contributed by atoms with Gasteiger partial charge in [-0.15, -0.1) is 11.8 Å². The number of rotatable bonds is 2. The van der Waals surface area contributed by atoms with Gasteiger partial charge < -0.3 is 10.2 Å². The lowest BCUT2D eigenvalue weighted by Gasteiger charge is -2.30. The van der Waals surface area contributed by atoms with Crippen molar-refractivity contribution >= 4 is 11.8 Å². The Morgan fingerprint density at radius 2 is 2.31 bits per heavy atom. The van der Waals surface area contributed by atoms with Crippen LogP contribution in [0.4, 0.5) is 4.39 Å². The molecule has 1 atom stereocenters. The van der Waals surface area contributed by atoms with E-state index in [0.29, 0.717) is 10.9 Å². The molecule has 0 aromatic heterocycles. The van der Waals surface area contributed by atoms with Crippen LogP contribution in [0.25, 0.3) is 0 Å². The molecule has 1 fully saturated rings. The van der Waals surface area contributed by atoms with Crippen LogP contribution in [0.2, 0.25) is 0 Å². The smallest absolute Gasteiger partial charge is 0.126 e. The van der Waals surface area contributed by atoms with E-state index in [1.54, 1.807) is 24.8 Å². The molecule has 0 saturated carbocycles. The van der Waals surface area contributed by atoms with Crippen molar-refractivity contribution < 1.29 is 4.39 Å². The topological polar surface area (TPSA) is 15.3 Å². The molecule has 1 N–H and O–H groups in total. The molecule has 88 valence electrons. The molecule has 1 aliphatic heterocycles. The molecule has 2 nitrogen and oxygen atoms in total. The molecule has 0 aliphatic carbocycles. The van der Waals surface area contributed by atoms with Crippen LogP contribution in [0.5, 0.6) is 0 Å². The maximum Gasteiger partial charge on any atom is 0.126 e. The highest BCUT2D eigenvalue weighted by Crippen LogP contribution is 2.25. The first-order valence-electron chi connectivity index (χ1n) is 5.50. The van der Waals surface area contributed by atoms with Crippen molar-refractivity contribution in [2.45, 2.75) is 17.2 Å². The second kappa shape index (κ2) is 5.17. The predicted octanol–water partition coefficient (Wildman–Crippen LogP) is 2.09. The maximum atomic E-state index is 13.1. The van der Waals surface area contributed by atoms with Crippen molar-refractivity contribution in [1.82, 2.24) is 10.2 Å². The summed E-state index contributed by atoms with van der Waals surface area (Å²) in [6.45, 7) is 4.95. The lowest BCUT2D eigenvalue weighted by molar-refractivity contribution is 0.278. The van der Waals surface area contributed by atoms with Crippen LogP contribution >= 0.6 is 11.8 Å². The average Bonchev–Trinajstić information content (AvgIpc) is 2.24. The van der Waals surface area contributed by atoms with Crippen molar-refractivity contribution in [3.63, 3.8) is 0 Å². The molecule has 1 aromatic carbocycles. The van der Waals surface area contributed by atoms with Crippen molar-refractivity contribution in [2.24, 2.45) is 0 Å². The summed E-state index contributed by atoms with van der Waals surface area (Å²) in [5, 5.41) is 3.87. The van der Waals surface area contributed by atoms with Crippen LogP contribution in [0.3, 0.4) is 0 Å². The van der Waals surface area contributed by atoms with E-state index in [9.17, 15) is 4.39 Å². The fraction of sp³-hybridized carbons (Fsp3) is 0.500. The third kappa shape index (κ3) is 2.97. The Morgan fingerprint density at radius 3 is 3.00 bits per heavy atom. The summed E-state index contributed by atoms with van der Waals surface area (Å²) in [6.07, 6.45) is 0.